The Morgan fingerprint density at radius 1 is 1.05 bits per heavy atom. The molecule has 0 unspecified atom stereocenters. The summed E-state index contributed by atoms with van der Waals surface area (Å²) in [5.74, 6) is -8.72. The quantitative estimate of drug-likeness (QED) is 0.680. The molecule has 0 radical (unpaired) electrons. The zero-order valence-corrected chi connectivity index (χ0v) is 11.6. The molecule has 0 saturated heterocycles. The standard InChI is InChI=1S/C14H8ClF4NO2/c15-7-1-3-8(4-2-7)20-11(21)6-22-14-12(18)9(16)5-10(17)13(14)19/h1-5H,6H2,(H,20,21). The Kier molecular flexibility index (Phi) is 4.87. The number of halogens is 5. The number of rotatable bonds is 4. The second-order valence-corrected chi connectivity index (χ2v) is 4.58. The number of carbonyl (C=O) groups excluding carboxylic acids is 1. The average Bonchev–Trinajstić information content (AvgIpc) is 2.47. The summed E-state index contributed by atoms with van der Waals surface area (Å²) in [5, 5.41) is 2.80. The molecule has 2 rings (SSSR count). The smallest absolute Gasteiger partial charge is 0.262 e. The van der Waals surface area contributed by atoms with Gasteiger partial charge in [-0.05, 0) is 24.3 Å². The molecule has 0 aromatic heterocycles. The number of nitrogens with one attached hydrogen (secondary N) is 1. The van der Waals surface area contributed by atoms with Crippen LogP contribution >= 0.6 is 11.6 Å². The summed E-state index contributed by atoms with van der Waals surface area (Å²) in [6.45, 7) is -0.834. The third kappa shape index (κ3) is 3.67. The van der Waals surface area contributed by atoms with Crippen molar-refractivity contribution >= 4 is 23.2 Å². The number of hydrogen-bond acceptors (Lipinski definition) is 2. The van der Waals surface area contributed by atoms with Crippen LogP contribution in [0.4, 0.5) is 23.2 Å². The minimum atomic E-state index is -1.71. The lowest BCUT2D eigenvalue weighted by atomic mass is 10.3. The van der Waals surface area contributed by atoms with Gasteiger partial charge in [0, 0.05) is 16.8 Å². The SMILES string of the molecule is O=C(COc1c(F)c(F)cc(F)c1F)Nc1ccc(Cl)cc1. The molecule has 1 N–H and O–H groups in total. The van der Waals surface area contributed by atoms with Crippen molar-refractivity contribution in [1.82, 2.24) is 0 Å². The van der Waals surface area contributed by atoms with E-state index in [0.29, 0.717) is 10.7 Å². The van der Waals surface area contributed by atoms with Gasteiger partial charge in [0.15, 0.2) is 24.0 Å². The van der Waals surface area contributed by atoms with Gasteiger partial charge in [0.1, 0.15) is 0 Å². The molecule has 3 nitrogen and oxygen atoms in total. The fourth-order valence-electron chi connectivity index (χ4n) is 1.55. The molecule has 0 aliphatic heterocycles. The van der Waals surface area contributed by atoms with E-state index in [0.717, 1.165) is 0 Å². The van der Waals surface area contributed by atoms with Crippen LogP contribution < -0.4 is 10.1 Å². The first-order valence-corrected chi connectivity index (χ1v) is 6.27. The van der Waals surface area contributed by atoms with Crippen LogP contribution in [0.5, 0.6) is 5.75 Å². The van der Waals surface area contributed by atoms with Crippen LogP contribution in [-0.2, 0) is 4.79 Å². The first kappa shape index (κ1) is 16.1. The van der Waals surface area contributed by atoms with E-state index in [4.69, 9.17) is 11.6 Å². The fourth-order valence-corrected chi connectivity index (χ4v) is 1.67. The molecule has 2 aromatic rings. The van der Waals surface area contributed by atoms with E-state index in [1.54, 1.807) is 0 Å². The number of amides is 1. The van der Waals surface area contributed by atoms with Gasteiger partial charge >= 0.3 is 0 Å². The predicted octanol–water partition coefficient (Wildman–Crippen LogP) is 3.91. The highest BCUT2D eigenvalue weighted by molar-refractivity contribution is 6.30. The van der Waals surface area contributed by atoms with Crippen LogP contribution in [0.15, 0.2) is 30.3 Å². The van der Waals surface area contributed by atoms with Crippen LogP contribution in [-0.4, -0.2) is 12.5 Å². The summed E-state index contributed by atoms with van der Waals surface area (Å²) in [6, 6.07) is 6.05. The molecule has 2 aromatic carbocycles. The third-order valence-corrected chi connectivity index (χ3v) is 2.80. The highest BCUT2D eigenvalue weighted by Crippen LogP contribution is 2.26. The van der Waals surface area contributed by atoms with Crippen LogP contribution in [0.25, 0.3) is 0 Å². The summed E-state index contributed by atoms with van der Waals surface area (Å²) in [7, 11) is 0. The highest BCUT2D eigenvalue weighted by atomic mass is 35.5. The monoisotopic (exact) mass is 333 g/mol. The van der Waals surface area contributed by atoms with Gasteiger partial charge in [-0.15, -0.1) is 0 Å². The molecule has 0 heterocycles. The molecule has 0 fully saturated rings. The molecule has 1 amide bonds. The topological polar surface area (TPSA) is 38.3 Å². The second-order valence-electron chi connectivity index (χ2n) is 4.14. The number of hydrogen-bond donors (Lipinski definition) is 1. The number of benzene rings is 2. The van der Waals surface area contributed by atoms with Gasteiger partial charge in [0.05, 0.1) is 0 Å². The van der Waals surface area contributed by atoms with Crippen molar-refractivity contribution in [3.8, 4) is 5.75 Å². The Bertz CT molecular complexity index is 681. The Labute approximate surface area is 127 Å². The first-order chi connectivity index (χ1) is 10.4. The van der Waals surface area contributed by atoms with Gasteiger partial charge in [-0.2, -0.15) is 8.78 Å². The zero-order valence-electron chi connectivity index (χ0n) is 10.8. The lowest BCUT2D eigenvalue weighted by Gasteiger charge is -2.10. The summed E-state index contributed by atoms with van der Waals surface area (Å²) >= 11 is 5.66. The van der Waals surface area contributed by atoms with E-state index in [-0.39, 0.29) is 6.07 Å². The van der Waals surface area contributed by atoms with E-state index in [1.165, 1.54) is 24.3 Å². The van der Waals surface area contributed by atoms with Crippen molar-refractivity contribution in [1.29, 1.82) is 0 Å². The summed E-state index contributed by atoms with van der Waals surface area (Å²) in [5.41, 5.74) is 0.365. The predicted molar refractivity (Wildman–Crippen MR) is 71.9 cm³/mol. The molecule has 22 heavy (non-hydrogen) atoms. The van der Waals surface area contributed by atoms with Crippen molar-refractivity contribution in [3.63, 3.8) is 0 Å². The molecular weight excluding hydrogens is 326 g/mol. The Balaban J connectivity index is 2.04. The van der Waals surface area contributed by atoms with Gasteiger partial charge in [-0.1, -0.05) is 11.6 Å². The van der Waals surface area contributed by atoms with Gasteiger partial charge in [-0.25, -0.2) is 8.78 Å². The maximum absolute atomic E-state index is 13.3. The molecule has 116 valence electrons. The maximum Gasteiger partial charge on any atom is 0.262 e. The van der Waals surface area contributed by atoms with Gasteiger partial charge in [0.25, 0.3) is 5.91 Å². The number of anilines is 1. The van der Waals surface area contributed by atoms with Crippen molar-refractivity contribution in [2.24, 2.45) is 0 Å². The normalized spacial score (nSPS) is 10.4. The molecule has 0 atom stereocenters. The average molecular weight is 334 g/mol. The van der Waals surface area contributed by atoms with Gasteiger partial charge in [-0.3, -0.25) is 4.79 Å². The number of ether oxygens (including phenoxy) is 1. The molecule has 0 spiro atoms. The largest absolute Gasteiger partial charge is 0.477 e. The first-order valence-electron chi connectivity index (χ1n) is 5.89. The summed E-state index contributed by atoms with van der Waals surface area (Å²) < 4.78 is 57.1. The number of carbonyl (C=O) groups is 1. The summed E-state index contributed by atoms with van der Waals surface area (Å²) in [6.07, 6.45) is 0. The van der Waals surface area contributed by atoms with Crippen molar-refractivity contribution in [3.05, 3.63) is 58.6 Å². The fraction of sp³-hybridized carbons (Fsp3) is 0.0714. The lowest BCUT2D eigenvalue weighted by molar-refractivity contribution is -0.118. The summed E-state index contributed by atoms with van der Waals surface area (Å²) in [4.78, 5) is 11.6. The van der Waals surface area contributed by atoms with Crippen LogP contribution in [0.1, 0.15) is 0 Å². The Morgan fingerprint density at radius 2 is 1.59 bits per heavy atom. The minimum Gasteiger partial charge on any atom is -0.477 e. The van der Waals surface area contributed by atoms with Crippen molar-refractivity contribution < 1.29 is 27.1 Å². The van der Waals surface area contributed by atoms with E-state index in [9.17, 15) is 22.4 Å². The minimum absolute atomic E-state index is 0.0469. The van der Waals surface area contributed by atoms with Gasteiger partial charge < -0.3 is 10.1 Å². The molecular formula is C14H8ClF4NO2. The Morgan fingerprint density at radius 3 is 2.14 bits per heavy atom. The van der Waals surface area contributed by atoms with E-state index >= 15 is 0 Å². The maximum atomic E-state index is 13.3. The van der Waals surface area contributed by atoms with E-state index in [1.807, 2.05) is 0 Å². The van der Waals surface area contributed by atoms with E-state index in [2.05, 4.69) is 10.1 Å². The molecule has 0 saturated carbocycles. The van der Waals surface area contributed by atoms with Crippen molar-refractivity contribution in [2.45, 2.75) is 0 Å². The van der Waals surface area contributed by atoms with Crippen LogP contribution in [0.3, 0.4) is 0 Å². The lowest BCUT2D eigenvalue weighted by Crippen LogP contribution is -2.21. The van der Waals surface area contributed by atoms with Crippen LogP contribution in [0, 0.1) is 23.3 Å². The van der Waals surface area contributed by atoms with Gasteiger partial charge in [0.2, 0.25) is 11.6 Å². The second kappa shape index (κ2) is 6.65. The molecule has 0 aliphatic rings. The zero-order chi connectivity index (χ0) is 16.3. The third-order valence-electron chi connectivity index (χ3n) is 2.55. The van der Waals surface area contributed by atoms with Crippen molar-refractivity contribution in [2.75, 3.05) is 11.9 Å². The molecule has 0 bridgehead atoms. The van der Waals surface area contributed by atoms with Crippen LogP contribution in [0.2, 0.25) is 5.02 Å². The molecule has 8 heteroatoms. The Hall–Kier alpha value is -2.28. The molecule has 0 aliphatic carbocycles. The highest BCUT2D eigenvalue weighted by Gasteiger charge is 2.21. The van der Waals surface area contributed by atoms with E-state index < -0.39 is 41.5 Å².